The molecular formula is C13H18F3N3O3. The molecule has 1 atom stereocenters. The summed E-state index contributed by atoms with van der Waals surface area (Å²) in [5, 5.41) is 2.42. The van der Waals surface area contributed by atoms with Crippen molar-refractivity contribution < 1.29 is 27.6 Å². The van der Waals surface area contributed by atoms with Gasteiger partial charge in [-0.3, -0.25) is 14.5 Å². The van der Waals surface area contributed by atoms with Crippen LogP contribution in [0, 0.1) is 5.92 Å². The van der Waals surface area contributed by atoms with Crippen molar-refractivity contribution in [2.45, 2.75) is 38.4 Å². The molecule has 4 amide bonds. The van der Waals surface area contributed by atoms with Crippen LogP contribution in [0.2, 0.25) is 0 Å². The third-order valence-electron chi connectivity index (χ3n) is 3.97. The van der Waals surface area contributed by atoms with Gasteiger partial charge in [-0.05, 0) is 26.7 Å². The first-order valence-electron chi connectivity index (χ1n) is 7.01. The molecule has 1 N–H and O–H groups in total. The maximum absolute atomic E-state index is 12.7. The highest BCUT2D eigenvalue weighted by molar-refractivity contribution is 6.08. The van der Waals surface area contributed by atoms with Crippen LogP contribution in [0.1, 0.15) is 26.7 Å². The second-order valence-corrected chi connectivity index (χ2v) is 6.17. The van der Waals surface area contributed by atoms with Crippen molar-refractivity contribution in [3.63, 3.8) is 0 Å². The second kappa shape index (κ2) is 5.44. The van der Waals surface area contributed by atoms with Crippen LogP contribution in [0.25, 0.3) is 0 Å². The Balaban J connectivity index is 2.01. The second-order valence-electron chi connectivity index (χ2n) is 6.17. The number of hydrogen-bond acceptors (Lipinski definition) is 3. The summed E-state index contributed by atoms with van der Waals surface area (Å²) in [6.07, 6.45) is -4.10. The van der Waals surface area contributed by atoms with E-state index in [1.54, 1.807) is 0 Å². The highest BCUT2D eigenvalue weighted by atomic mass is 19.4. The quantitative estimate of drug-likeness (QED) is 0.775. The van der Waals surface area contributed by atoms with E-state index in [2.05, 4.69) is 5.32 Å². The molecule has 0 unspecified atom stereocenters. The first kappa shape index (κ1) is 16.6. The number of alkyl halides is 3. The lowest BCUT2D eigenvalue weighted by Crippen LogP contribution is -2.49. The molecule has 2 saturated heterocycles. The van der Waals surface area contributed by atoms with Gasteiger partial charge in [0.15, 0.2) is 0 Å². The Morgan fingerprint density at radius 3 is 2.50 bits per heavy atom. The summed E-state index contributed by atoms with van der Waals surface area (Å²) in [4.78, 5) is 37.6. The zero-order valence-electron chi connectivity index (χ0n) is 12.4. The fourth-order valence-electron chi connectivity index (χ4n) is 2.67. The van der Waals surface area contributed by atoms with Gasteiger partial charge in [-0.2, -0.15) is 13.2 Å². The number of amides is 4. The molecule has 0 saturated carbocycles. The first-order valence-corrected chi connectivity index (χ1v) is 7.01. The highest BCUT2D eigenvalue weighted by Gasteiger charge is 2.46. The lowest BCUT2D eigenvalue weighted by Gasteiger charge is -2.34. The number of nitrogens with one attached hydrogen (secondary N) is 1. The molecule has 2 aliphatic rings. The van der Waals surface area contributed by atoms with E-state index in [0.717, 1.165) is 9.80 Å². The van der Waals surface area contributed by atoms with Crippen LogP contribution in [0.4, 0.5) is 18.0 Å². The smallest absolute Gasteiger partial charge is 0.341 e. The first-order chi connectivity index (χ1) is 10.0. The average Bonchev–Trinajstić information content (AvgIpc) is 2.60. The normalized spacial score (nSPS) is 25.4. The minimum Gasteiger partial charge on any atom is -0.341 e. The third-order valence-corrected chi connectivity index (χ3v) is 3.97. The van der Waals surface area contributed by atoms with E-state index in [1.807, 2.05) is 0 Å². The molecule has 2 heterocycles. The Hall–Kier alpha value is -1.80. The number of nitrogens with zero attached hydrogens (tertiary/aromatic N) is 2. The Kier molecular flexibility index (Phi) is 4.09. The minimum atomic E-state index is -4.35. The van der Waals surface area contributed by atoms with Gasteiger partial charge in [0.1, 0.15) is 12.1 Å². The van der Waals surface area contributed by atoms with E-state index in [-0.39, 0.29) is 19.4 Å². The number of likely N-dealkylation sites (tertiary alicyclic amines) is 1. The molecule has 0 radical (unpaired) electrons. The zero-order chi connectivity index (χ0) is 16.7. The Morgan fingerprint density at radius 2 is 2.00 bits per heavy atom. The van der Waals surface area contributed by atoms with Crippen molar-refractivity contribution in [2.24, 2.45) is 5.92 Å². The topological polar surface area (TPSA) is 69.7 Å². The summed E-state index contributed by atoms with van der Waals surface area (Å²) in [5.74, 6) is -2.75. The van der Waals surface area contributed by atoms with Gasteiger partial charge in [-0.15, -0.1) is 0 Å². The van der Waals surface area contributed by atoms with E-state index in [0.29, 0.717) is 0 Å². The minimum absolute atomic E-state index is 0.0105. The molecule has 0 spiro atoms. The fourth-order valence-corrected chi connectivity index (χ4v) is 2.67. The third kappa shape index (κ3) is 3.17. The summed E-state index contributed by atoms with van der Waals surface area (Å²) >= 11 is 0. The van der Waals surface area contributed by atoms with Gasteiger partial charge in [0.2, 0.25) is 5.91 Å². The lowest BCUT2D eigenvalue weighted by molar-refractivity contribution is -0.188. The predicted molar refractivity (Wildman–Crippen MR) is 69.7 cm³/mol. The van der Waals surface area contributed by atoms with Crippen molar-refractivity contribution >= 4 is 17.8 Å². The predicted octanol–water partition coefficient (Wildman–Crippen LogP) is 1.12. The molecule has 0 aromatic heterocycles. The SMILES string of the molecule is CC1(C)NC(=O)N(CC(=O)N2CCC[C@H](C(F)(F)F)C2)C1=O. The number of imide groups is 1. The summed E-state index contributed by atoms with van der Waals surface area (Å²) in [7, 11) is 0. The standard InChI is InChI=1S/C13H18F3N3O3/c1-12(2)10(21)19(11(22)17-12)7-9(20)18-5-3-4-8(6-18)13(14,15)16/h8H,3-7H2,1-2H3,(H,17,22)/t8-/m0/s1. The van der Waals surface area contributed by atoms with Crippen LogP contribution in [0.3, 0.4) is 0 Å². The molecule has 2 fully saturated rings. The Labute approximate surface area is 125 Å². The molecule has 9 heteroatoms. The molecule has 2 rings (SSSR count). The fraction of sp³-hybridized carbons (Fsp3) is 0.769. The zero-order valence-corrected chi connectivity index (χ0v) is 12.4. The van der Waals surface area contributed by atoms with E-state index in [1.165, 1.54) is 13.8 Å². The van der Waals surface area contributed by atoms with Gasteiger partial charge < -0.3 is 10.2 Å². The molecule has 22 heavy (non-hydrogen) atoms. The summed E-state index contributed by atoms with van der Waals surface area (Å²) in [5.41, 5.74) is -1.10. The maximum atomic E-state index is 12.7. The van der Waals surface area contributed by atoms with Gasteiger partial charge in [0.25, 0.3) is 5.91 Å². The number of carbonyl (C=O) groups is 3. The van der Waals surface area contributed by atoms with Crippen LogP contribution in [0.15, 0.2) is 0 Å². The molecular weight excluding hydrogens is 303 g/mol. The van der Waals surface area contributed by atoms with Crippen LogP contribution < -0.4 is 5.32 Å². The molecule has 0 aliphatic carbocycles. The van der Waals surface area contributed by atoms with Crippen LogP contribution in [-0.2, 0) is 9.59 Å². The Bertz CT molecular complexity index is 504. The average molecular weight is 321 g/mol. The van der Waals surface area contributed by atoms with Crippen LogP contribution >= 0.6 is 0 Å². The van der Waals surface area contributed by atoms with Crippen molar-refractivity contribution in [1.82, 2.24) is 15.1 Å². The van der Waals surface area contributed by atoms with Gasteiger partial charge in [-0.1, -0.05) is 0 Å². The van der Waals surface area contributed by atoms with E-state index < -0.39 is 48.6 Å². The highest BCUT2D eigenvalue weighted by Crippen LogP contribution is 2.33. The van der Waals surface area contributed by atoms with Crippen LogP contribution in [0.5, 0.6) is 0 Å². The van der Waals surface area contributed by atoms with Gasteiger partial charge in [-0.25, -0.2) is 4.79 Å². The number of hydrogen-bond donors (Lipinski definition) is 1. The number of halogens is 3. The maximum Gasteiger partial charge on any atom is 0.393 e. The molecule has 2 aliphatic heterocycles. The molecule has 0 aromatic carbocycles. The van der Waals surface area contributed by atoms with Gasteiger partial charge in [0, 0.05) is 13.1 Å². The molecule has 6 nitrogen and oxygen atoms in total. The number of carbonyl (C=O) groups excluding carboxylic acids is 3. The molecule has 0 aromatic rings. The van der Waals surface area contributed by atoms with E-state index in [9.17, 15) is 27.6 Å². The number of rotatable bonds is 2. The largest absolute Gasteiger partial charge is 0.393 e. The summed E-state index contributed by atoms with van der Waals surface area (Å²) < 4.78 is 38.2. The Morgan fingerprint density at radius 1 is 1.36 bits per heavy atom. The number of piperidine rings is 1. The van der Waals surface area contributed by atoms with E-state index >= 15 is 0 Å². The van der Waals surface area contributed by atoms with Gasteiger partial charge in [0.05, 0.1) is 5.92 Å². The van der Waals surface area contributed by atoms with Crippen LogP contribution in [-0.4, -0.2) is 59.0 Å². The van der Waals surface area contributed by atoms with Crippen molar-refractivity contribution in [1.29, 1.82) is 0 Å². The molecule has 124 valence electrons. The summed E-state index contributed by atoms with van der Waals surface area (Å²) in [6, 6.07) is -0.701. The molecule has 0 bridgehead atoms. The van der Waals surface area contributed by atoms with Crippen molar-refractivity contribution in [3.8, 4) is 0 Å². The van der Waals surface area contributed by atoms with Crippen molar-refractivity contribution in [2.75, 3.05) is 19.6 Å². The summed E-state index contributed by atoms with van der Waals surface area (Å²) in [6.45, 7) is 2.25. The van der Waals surface area contributed by atoms with Gasteiger partial charge >= 0.3 is 12.2 Å². The van der Waals surface area contributed by atoms with E-state index in [4.69, 9.17) is 0 Å². The lowest BCUT2D eigenvalue weighted by atomic mass is 9.97. The van der Waals surface area contributed by atoms with Crippen molar-refractivity contribution in [3.05, 3.63) is 0 Å². The monoisotopic (exact) mass is 321 g/mol. The number of urea groups is 1.